The number of amides is 1. The molecule has 0 bridgehead atoms. The Bertz CT molecular complexity index is 1310. The first kappa shape index (κ1) is 26.7. The number of ether oxygens (including phenoxy) is 1. The van der Waals surface area contributed by atoms with Crippen LogP contribution in [0.15, 0.2) is 71.6 Å². The molecule has 1 N–H and O–H groups in total. The third-order valence-corrected chi connectivity index (χ3v) is 8.56. The van der Waals surface area contributed by atoms with E-state index in [1.54, 1.807) is 25.9 Å². The fourth-order valence-corrected chi connectivity index (χ4v) is 6.71. The normalized spacial score (nSPS) is 14.9. The van der Waals surface area contributed by atoms with Crippen LogP contribution in [0, 0.1) is 20.8 Å². The molecule has 0 radical (unpaired) electrons. The van der Waals surface area contributed by atoms with Gasteiger partial charge in [0.05, 0.1) is 12.0 Å². The number of nitrogens with one attached hydrogen (secondary N) is 1. The summed E-state index contributed by atoms with van der Waals surface area (Å²) < 4.78 is 35.1. The Labute approximate surface area is 220 Å². The van der Waals surface area contributed by atoms with Gasteiger partial charge in [0.1, 0.15) is 11.8 Å². The molecule has 1 amide bonds. The van der Waals surface area contributed by atoms with Crippen molar-refractivity contribution in [3.63, 3.8) is 0 Å². The number of carbonyl (C=O) groups excluding carboxylic acids is 1. The van der Waals surface area contributed by atoms with E-state index in [-0.39, 0.29) is 17.2 Å². The molecule has 0 aromatic heterocycles. The summed E-state index contributed by atoms with van der Waals surface area (Å²) in [4.78, 5) is 18.0. The number of hydrogen-bond donors (Lipinski definition) is 1. The molecule has 0 spiro atoms. The number of piperazine rings is 1. The van der Waals surface area contributed by atoms with E-state index >= 15 is 0 Å². The number of carbonyl (C=O) groups is 1. The average molecular weight is 522 g/mol. The second-order valence-corrected chi connectivity index (χ2v) is 11.3. The molecule has 196 valence electrons. The summed E-state index contributed by atoms with van der Waals surface area (Å²) >= 11 is 0. The van der Waals surface area contributed by atoms with Crippen LogP contribution in [0.5, 0.6) is 5.75 Å². The van der Waals surface area contributed by atoms with E-state index in [0.717, 1.165) is 22.6 Å². The van der Waals surface area contributed by atoms with Crippen LogP contribution in [0.25, 0.3) is 0 Å². The first-order valence-corrected chi connectivity index (χ1v) is 14.0. The van der Waals surface area contributed by atoms with Gasteiger partial charge >= 0.3 is 0 Å². The number of anilines is 1. The fraction of sp³-hybridized carbons (Fsp3) is 0.345. The van der Waals surface area contributed by atoms with Crippen LogP contribution in [0.2, 0.25) is 0 Å². The lowest BCUT2D eigenvalue weighted by atomic mass is 10.1. The summed E-state index contributed by atoms with van der Waals surface area (Å²) in [5.41, 5.74) is 4.31. The van der Waals surface area contributed by atoms with Crippen molar-refractivity contribution in [2.75, 3.05) is 38.2 Å². The van der Waals surface area contributed by atoms with E-state index < -0.39 is 16.1 Å². The molecule has 0 aliphatic carbocycles. The molecule has 1 fully saturated rings. The Morgan fingerprint density at radius 2 is 1.51 bits per heavy atom. The zero-order chi connectivity index (χ0) is 26.6. The molecule has 37 heavy (non-hydrogen) atoms. The number of aryl methyl sites for hydroxylation is 3. The van der Waals surface area contributed by atoms with Crippen molar-refractivity contribution in [3.05, 3.63) is 89.0 Å². The molecule has 1 aliphatic heterocycles. The predicted octanol–water partition coefficient (Wildman–Crippen LogP) is 3.86. The third-order valence-electron chi connectivity index (χ3n) is 6.78. The van der Waals surface area contributed by atoms with Gasteiger partial charge < -0.3 is 14.5 Å². The number of sulfonamides is 1. The largest absolute Gasteiger partial charge is 0.497 e. The minimum absolute atomic E-state index is 0.204. The zero-order valence-electron chi connectivity index (χ0n) is 21.9. The molecule has 1 atom stereocenters. The molecule has 3 aromatic rings. The van der Waals surface area contributed by atoms with Crippen LogP contribution in [0.4, 0.5) is 5.69 Å². The van der Waals surface area contributed by atoms with E-state index in [2.05, 4.69) is 9.62 Å². The molecule has 0 unspecified atom stereocenters. The standard InChI is InChI=1S/C29H35N3O4S/c1-21-18-22(2)28(23(3)19-21)37(34,35)30-27(20-24-8-6-5-7-9-24)29(33)32-16-14-31(15-17-32)25-10-12-26(36-4)13-11-25/h5-13,18-19,27,30H,14-17,20H2,1-4H3/t27-/m1/s1. The smallest absolute Gasteiger partial charge is 0.241 e. The van der Waals surface area contributed by atoms with Gasteiger partial charge in [-0.05, 0) is 68.1 Å². The van der Waals surface area contributed by atoms with E-state index in [0.29, 0.717) is 37.3 Å². The topological polar surface area (TPSA) is 79.0 Å². The van der Waals surface area contributed by atoms with Crippen LogP contribution in [-0.2, 0) is 21.2 Å². The fourth-order valence-electron chi connectivity index (χ4n) is 5.06. The summed E-state index contributed by atoms with van der Waals surface area (Å²) in [6, 6.07) is 20.2. The Kier molecular flexibility index (Phi) is 8.19. The van der Waals surface area contributed by atoms with Gasteiger partial charge in [-0.2, -0.15) is 4.72 Å². The second kappa shape index (κ2) is 11.4. The number of hydrogen-bond acceptors (Lipinski definition) is 5. The summed E-state index contributed by atoms with van der Waals surface area (Å²) in [6.07, 6.45) is 0.279. The first-order valence-electron chi connectivity index (χ1n) is 12.5. The SMILES string of the molecule is COc1ccc(N2CCN(C(=O)[C@@H](Cc3ccccc3)NS(=O)(=O)c3c(C)cc(C)cc3C)CC2)cc1. The quantitative estimate of drug-likeness (QED) is 0.487. The van der Waals surface area contributed by atoms with Gasteiger partial charge in [0, 0.05) is 31.9 Å². The molecular weight excluding hydrogens is 486 g/mol. The van der Waals surface area contributed by atoms with Crippen LogP contribution < -0.4 is 14.4 Å². The minimum Gasteiger partial charge on any atom is -0.497 e. The van der Waals surface area contributed by atoms with Gasteiger partial charge in [-0.25, -0.2) is 8.42 Å². The van der Waals surface area contributed by atoms with Gasteiger partial charge in [0.2, 0.25) is 15.9 Å². The minimum atomic E-state index is -3.92. The predicted molar refractivity (Wildman–Crippen MR) is 147 cm³/mol. The van der Waals surface area contributed by atoms with Crippen molar-refractivity contribution in [3.8, 4) is 5.75 Å². The van der Waals surface area contributed by atoms with E-state index in [1.807, 2.05) is 73.7 Å². The number of rotatable bonds is 8. The molecule has 8 heteroatoms. The number of methoxy groups -OCH3 is 1. The van der Waals surface area contributed by atoms with Gasteiger partial charge in [0.25, 0.3) is 0 Å². The van der Waals surface area contributed by atoms with Crippen LogP contribution >= 0.6 is 0 Å². The van der Waals surface area contributed by atoms with Gasteiger partial charge in [-0.1, -0.05) is 48.0 Å². The van der Waals surface area contributed by atoms with E-state index in [1.165, 1.54) is 0 Å². The van der Waals surface area contributed by atoms with Gasteiger partial charge in [-0.15, -0.1) is 0 Å². The molecule has 7 nitrogen and oxygen atoms in total. The first-order chi connectivity index (χ1) is 17.7. The van der Waals surface area contributed by atoms with E-state index in [4.69, 9.17) is 4.74 Å². The highest BCUT2D eigenvalue weighted by molar-refractivity contribution is 7.89. The summed E-state index contributed by atoms with van der Waals surface area (Å²) in [6.45, 7) is 7.89. The Morgan fingerprint density at radius 3 is 2.08 bits per heavy atom. The molecule has 1 heterocycles. The van der Waals surface area contributed by atoms with Crippen molar-refractivity contribution in [2.45, 2.75) is 38.1 Å². The van der Waals surface area contributed by atoms with Crippen molar-refractivity contribution < 1.29 is 17.9 Å². The maximum absolute atomic E-state index is 13.7. The Morgan fingerprint density at radius 1 is 0.919 bits per heavy atom. The maximum Gasteiger partial charge on any atom is 0.241 e. The van der Waals surface area contributed by atoms with Crippen LogP contribution in [0.3, 0.4) is 0 Å². The van der Waals surface area contributed by atoms with Gasteiger partial charge in [0.15, 0.2) is 0 Å². The lowest BCUT2D eigenvalue weighted by Crippen LogP contribution is -2.55. The molecule has 4 rings (SSSR count). The lowest BCUT2D eigenvalue weighted by Gasteiger charge is -2.37. The lowest BCUT2D eigenvalue weighted by molar-refractivity contribution is -0.133. The highest BCUT2D eigenvalue weighted by atomic mass is 32.2. The number of benzene rings is 3. The molecule has 1 saturated heterocycles. The summed E-state index contributed by atoms with van der Waals surface area (Å²) in [7, 11) is -2.28. The summed E-state index contributed by atoms with van der Waals surface area (Å²) in [5.74, 6) is 0.594. The van der Waals surface area contributed by atoms with Crippen LogP contribution in [-0.4, -0.2) is 58.6 Å². The molecule has 0 saturated carbocycles. The Balaban J connectivity index is 1.53. The van der Waals surface area contributed by atoms with Crippen molar-refractivity contribution >= 4 is 21.6 Å². The highest BCUT2D eigenvalue weighted by Crippen LogP contribution is 2.24. The molecule has 3 aromatic carbocycles. The second-order valence-electron chi connectivity index (χ2n) is 9.60. The van der Waals surface area contributed by atoms with Crippen molar-refractivity contribution in [2.24, 2.45) is 0 Å². The third kappa shape index (κ3) is 6.32. The average Bonchev–Trinajstić information content (AvgIpc) is 2.88. The highest BCUT2D eigenvalue weighted by Gasteiger charge is 2.32. The van der Waals surface area contributed by atoms with Gasteiger partial charge in [-0.3, -0.25) is 4.79 Å². The van der Waals surface area contributed by atoms with Crippen molar-refractivity contribution in [1.29, 1.82) is 0 Å². The van der Waals surface area contributed by atoms with Crippen LogP contribution in [0.1, 0.15) is 22.3 Å². The van der Waals surface area contributed by atoms with E-state index in [9.17, 15) is 13.2 Å². The monoisotopic (exact) mass is 521 g/mol. The molecule has 1 aliphatic rings. The maximum atomic E-state index is 13.7. The zero-order valence-corrected chi connectivity index (χ0v) is 22.7. The van der Waals surface area contributed by atoms with Crippen molar-refractivity contribution in [1.82, 2.24) is 9.62 Å². The Hall–Kier alpha value is -3.36. The molecular formula is C29H35N3O4S. The number of nitrogens with zero attached hydrogens (tertiary/aromatic N) is 2. The summed E-state index contributed by atoms with van der Waals surface area (Å²) in [5, 5.41) is 0.